The summed E-state index contributed by atoms with van der Waals surface area (Å²) in [4.78, 5) is 14.5. The molecule has 28 heavy (non-hydrogen) atoms. The van der Waals surface area contributed by atoms with Gasteiger partial charge in [-0.3, -0.25) is 4.79 Å². The number of carbonyl (C=O) groups is 1. The molecule has 150 valence electrons. The van der Waals surface area contributed by atoms with E-state index in [4.69, 9.17) is 16.3 Å². The molecule has 1 amide bonds. The van der Waals surface area contributed by atoms with Crippen molar-refractivity contribution in [2.24, 2.45) is 0 Å². The van der Waals surface area contributed by atoms with Gasteiger partial charge in [-0.1, -0.05) is 42.8 Å². The number of hydrogen-bond donors (Lipinski definition) is 0. The summed E-state index contributed by atoms with van der Waals surface area (Å²) in [5.74, 6) is 0.186. The van der Waals surface area contributed by atoms with Gasteiger partial charge < -0.3 is 9.64 Å². The van der Waals surface area contributed by atoms with Gasteiger partial charge in [0.1, 0.15) is 5.75 Å². The number of halogens is 1. The topological polar surface area (TPSA) is 66.9 Å². The second-order valence-corrected chi connectivity index (χ2v) is 8.91. The molecule has 0 atom stereocenters. The van der Waals surface area contributed by atoms with Gasteiger partial charge in [0.25, 0.3) is 0 Å². The van der Waals surface area contributed by atoms with Gasteiger partial charge in [-0.15, -0.1) is 0 Å². The van der Waals surface area contributed by atoms with Gasteiger partial charge in [-0.25, -0.2) is 8.42 Å². The average molecular weight is 423 g/mol. The SMILES string of the molecule is CCN(CC(=O)N1CCc2ccccc2C1)S(=O)(=O)c1ccc(OC)c(Cl)c1. The summed E-state index contributed by atoms with van der Waals surface area (Å²) < 4.78 is 32.2. The summed E-state index contributed by atoms with van der Waals surface area (Å²) in [5.41, 5.74) is 2.34. The highest BCUT2D eigenvalue weighted by molar-refractivity contribution is 7.89. The van der Waals surface area contributed by atoms with Crippen molar-refractivity contribution < 1.29 is 17.9 Å². The molecule has 0 saturated carbocycles. The van der Waals surface area contributed by atoms with Crippen molar-refractivity contribution in [3.8, 4) is 5.75 Å². The predicted octanol–water partition coefficient (Wildman–Crippen LogP) is 2.94. The molecule has 1 aliphatic heterocycles. The van der Waals surface area contributed by atoms with Crippen LogP contribution in [0, 0.1) is 0 Å². The van der Waals surface area contributed by atoms with Crippen LogP contribution in [-0.4, -0.2) is 50.3 Å². The minimum atomic E-state index is -3.85. The summed E-state index contributed by atoms with van der Waals surface area (Å²) in [5, 5.41) is 0.207. The van der Waals surface area contributed by atoms with E-state index in [1.165, 1.54) is 35.2 Å². The molecule has 1 heterocycles. The summed E-state index contributed by atoms with van der Waals surface area (Å²) in [6.07, 6.45) is 0.773. The van der Waals surface area contributed by atoms with E-state index in [0.29, 0.717) is 18.8 Å². The van der Waals surface area contributed by atoms with Crippen LogP contribution in [0.3, 0.4) is 0 Å². The number of amides is 1. The van der Waals surface area contributed by atoms with E-state index >= 15 is 0 Å². The normalized spacial score (nSPS) is 14.1. The quantitative estimate of drug-likeness (QED) is 0.717. The third-order valence-electron chi connectivity index (χ3n) is 4.91. The minimum Gasteiger partial charge on any atom is -0.495 e. The van der Waals surface area contributed by atoms with E-state index in [0.717, 1.165) is 12.0 Å². The second kappa shape index (κ2) is 8.51. The fourth-order valence-corrected chi connectivity index (χ4v) is 5.03. The number of rotatable bonds is 6. The van der Waals surface area contributed by atoms with E-state index in [2.05, 4.69) is 6.07 Å². The first kappa shape index (κ1) is 20.6. The Bertz CT molecular complexity index is 978. The summed E-state index contributed by atoms with van der Waals surface area (Å²) in [7, 11) is -2.39. The van der Waals surface area contributed by atoms with Crippen molar-refractivity contribution in [1.82, 2.24) is 9.21 Å². The number of ether oxygens (including phenoxy) is 1. The molecule has 0 N–H and O–H groups in total. The lowest BCUT2D eigenvalue weighted by atomic mass is 10.00. The molecule has 0 aromatic heterocycles. The molecule has 2 aromatic rings. The third-order valence-corrected chi connectivity index (χ3v) is 7.12. The Kier molecular flexibility index (Phi) is 6.27. The van der Waals surface area contributed by atoms with Crippen LogP contribution in [0.1, 0.15) is 18.1 Å². The number of hydrogen-bond acceptors (Lipinski definition) is 4. The van der Waals surface area contributed by atoms with Gasteiger partial charge in [-0.05, 0) is 35.7 Å². The number of sulfonamides is 1. The smallest absolute Gasteiger partial charge is 0.243 e. The van der Waals surface area contributed by atoms with Crippen molar-refractivity contribution in [3.05, 3.63) is 58.6 Å². The minimum absolute atomic E-state index is 0.0388. The predicted molar refractivity (Wildman–Crippen MR) is 108 cm³/mol. The molecule has 8 heteroatoms. The standard InChI is InChI=1S/C20H23ClN2O4S/c1-3-23(28(25,26)17-8-9-19(27-2)18(21)12-17)14-20(24)22-11-10-15-6-4-5-7-16(15)13-22/h4-9,12H,3,10-11,13-14H2,1-2H3. The maximum absolute atomic E-state index is 13.0. The van der Waals surface area contributed by atoms with E-state index in [1.54, 1.807) is 11.8 Å². The van der Waals surface area contributed by atoms with Crippen molar-refractivity contribution in [1.29, 1.82) is 0 Å². The summed E-state index contributed by atoms with van der Waals surface area (Å²) in [6, 6.07) is 12.3. The van der Waals surface area contributed by atoms with Gasteiger partial charge >= 0.3 is 0 Å². The molecule has 0 aliphatic carbocycles. The fraction of sp³-hybridized carbons (Fsp3) is 0.350. The Hall–Kier alpha value is -2.09. The van der Waals surface area contributed by atoms with Gasteiger partial charge in [0.15, 0.2) is 0 Å². The highest BCUT2D eigenvalue weighted by atomic mass is 35.5. The first-order chi connectivity index (χ1) is 13.4. The van der Waals surface area contributed by atoms with Crippen LogP contribution < -0.4 is 4.74 Å². The Morgan fingerprint density at radius 2 is 1.93 bits per heavy atom. The molecule has 1 aliphatic rings. The van der Waals surface area contributed by atoms with Gasteiger partial charge in [-0.2, -0.15) is 4.31 Å². The van der Waals surface area contributed by atoms with Crippen LogP contribution in [0.2, 0.25) is 5.02 Å². The molecule has 3 rings (SSSR count). The van der Waals surface area contributed by atoms with Gasteiger partial charge in [0.2, 0.25) is 15.9 Å². The number of methoxy groups -OCH3 is 1. The Balaban J connectivity index is 1.76. The molecule has 0 bridgehead atoms. The molecule has 2 aromatic carbocycles. The van der Waals surface area contributed by atoms with Crippen LogP contribution in [0.5, 0.6) is 5.75 Å². The van der Waals surface area contributed by atoms with E-state index in [1.807, 2.05) is 18.2 Å². The van der Waals surface area contributed by atoms with Crippen LogP contribution in [-0.2, 0) is 27.8 Å². The average Bonchev–Trinajstić information content (AvgIpc) is 2.71. The lowest BCUT2D eigenvalue weighted by molar-refractivity contribution is -0.132. The van der Waals surface area contributed by atoms with Crippen LogP contribution in [0.25, 0.3) is 0 Å². The number of benzene rings is 2. The van der Waals surface area contributed by atoms with Crippen molar-refractivity contribution >= 4 is 27.5 Å². The van der Waals surface area contributed by atoms with E-state index in [-0.39, 0.29) is 28.9 Å². The molecule has 6 nitrogen and oxygen atoms in total. The summed E-state index contributed by atoms with van der Waals surface area (Å²) in [6.45, 7) is 2.77. The maximum Gasteiger partial charge on any atom is 0.243 e. The number of fused-ring (bicyclic) bond motifs is 1. The van der Waals surface area contributed by atoms with Gasteiger partial charge in [0, 0.05) is 19.6 Å². The molecule has 0 spiro atoms. The Morgan fingerprint density at radius 1 is 1.21 bits per heavy atom. The molecule has 0 saturated heterocycles. The van der Waals surface area contributed by atoms with Gasteiger partial charge in [0.05, 0.1) is 23.6 Å². The lowest BCUT2D eigenvalue weighted by Crippen LogP contribution is -2.44. The zero-order valence-corrected chi connectivity index (χ0v) is 17.5. The van der Waals surface area contributed by atoms with Crippen LogP contribution >= 0.6 is 11.6 Å². The number of carbonyl (C=O) groups excluding carboxylic acids is 1. The second-order valence-electron chi connectivity index (χ2n) is 6.56. The van der Waals surface area contributed by atoms with Crippen LogP contribution in [0.4, 0.5) is 0 Å². The Labute approximate surface area is 170 Å². The molecule has 0 fully saturated rings. The largest absolute Gasteiger partial charge is 0.495 e. The Morgan fingerprint density at radius 3 is 2.57 bits per heavy atom. The first-order valence-corrected chi connectivity index (χ1v) is 10.9. The van der Waals surface area contributed by atoms with Crippen molar-refractivity contribution in [2.45, 2.75) is 24.8 Å². The molecule has 0 unspecified atom stereocenters. The van der Waals surface area contributed by atoms with Crippen molar-refractivity contribution in [2.75, 3.05) is 26.7 Å². The molecular weight excluding hydrogens is 400 g/mol. The zero-order chi connectivity index (χ0) is 20.3. The fourth-order valence-electron chi connectivity index (χ4n) is 3.28. The van der Waals surface area contributed by atoms with Crippen molar-refractivity contribution in [3.63, 3.8) is 0 Å². The molecular formula is C20H23ClN2O4S. The van der Waals surface area contributed by atoms with E-state index < -0.39 is 10.0 Å². The third kappa shape index (κ3) is 4.16. The zero-order valence-electron chi connectivity index (χ0n) is 15.9. The summed E-state index contributed by atoms with van der Waals surface area (Å²) >= 11 is 6.08. The lowest BCUT2D eigenvalue weighted by Gasteiger charge is -2.30. The maximum atomic E-state index is 13.0. The first-order valence-electron chi connectivity index (χ1n) is 9.05. The number of nitrogens with zero attached hydrogens (tertiary/aromatic N) is 2. The highest BCUT2D eigenvalue weighted by Gasteiger charge is 2.29. The molecule has 0 radical (unpaired) electrons. The van der Waals surface area contributed by atoms with Crippen LogP contribution in [0.15, 0.2) is 47.4 Å². The highest BCUT2D eigenvalue weighted by Crippen LogP contribution is 2.28. The monoisotopic (exact) mass is 422 g/mol. The van der Waals surface area contributed by atoms with E-state index in [9.17, 15) is 13.2 Å². The number of likely N-dealkylation sites (N-methyl/N-ethyl adjacent to an activating group) is 1.